The van der Waals surface area contributed by atoms with Crippen LogP contribution >= 0.6 is 0 Å². The van der Waals surface area contributed by atoms with Crippen molar-refractivity contribution >= 4 is 17.4 Å². The Balaban J connectivity index is 1.89. The molecule has 5 nitrogen and oxygen atoms in total. The third-order valence-corrected chi connectivity index (χ3v) is 3.38. The highest BCUT2D eigenvalue weighted by Crippen LogP contribution is 2.17. The maximum absolute atomic E-state index is 11.2. The number of anilines is 2. The normalized spacial score (nSPS) is 15.6. The summed E-state index contributed by atoms with van der Waals surface area (Å²) < 4.78 is 0. The Morgan fingerprint density at radius 2 is 2.05 bits per heavy atom. The van der Waals surface area contributed by atoms with Crippen LogP contribution in [0.15, 0.2) is 12.4 Å². The second kappa shape index (κ2) is 7.07. The first-order valence-electron chi connectivity index (χ1n) is 7.12. The van der Waals surface area contributed by atoms with Crippen LogP contribution < -0.4 is 10.2 Å². The van der Waals surface area contributed by atoms with Gasteiger partial charge in [0.2, 0.25) is 0 Å². The molecule has 0 unspecified atom stereocenters. The van der Waals surface area contributed by atoms with Crippen LogP contribution in [0.4, 0.5) is 11.6 Å². The molecule has 2 heterocycles. The fourth-order valence-electron chi connectivity index (χ4n) is 2.19. The van der Waals surface area contributed by atoms with Crippen molar-refractivity contribution in [3.05, 3.63) is 12.4 Å². The van der Waals surface area contributed by atoms with Crippen LogP contribution in [-0.2, 0) is 4.79 Å². The van der Waals surface area contributed by atoms with Gasteiger partial charge >= 0.3 is 0 Å². The van der Waals surface area contributed by atoms with E-state index in [1.807, 2.05) is 6.07 Å². The summed E-state index contributed by atoms with van der Waals surface area (Å²) in [6.45, 7) is 4.68. The van der Waals surface area contributed by atoms with Gasteiger partial charge in [-0.25, -0.2) is 9.97 Å². The van der Waals surface area contributed by atoms with Crippen LogP contribution in [0.5, 0.6) is 0 Å². The second-order valence-electron chi connectivity index (χ2n) is 4.92. The minimum absolute atomic E-state index is 0.350. The molecule has 19 heavy (non-hydrogen) atoms. The van der Waals surface area contributed by atoms with Crippen molar-refractivity contribution in [3.8, 4) is 0 Å². The number of hydrogen-bond acceptors (Lipinski definition) is 5. The Bertz CT molecular complexity index is 412. The number of nitrogens with one attached hydrogen (secondary N) is 1. The Labute approximate surface area is 114 Å². The average molecular weight is 262 g/mol. The molecule has 1 aromatic heterocycles. The maximum atomic E-state index is 11.2. The van der Waals surface area contributed by atoms with Crippen LogP contribution in [0.1, 0.15) is 39.0 Å². The van der Waals surface area contributed by atoms with E-state index in [1.165, 1.54) is 12.8 Å². The molecule has 1 fully saturated rings. The summed E-state index contributed by atoms with van der Waals surface area (Å²) in [5.74, 6) is 2.14. The highest BCUT2D eigenvalue weighted by atomic mass is 16.1. The van der Waals surface area contributed by atoms with Crippen molar-refractivity contribution in [2.45, 2.75) is 39.0 Å². The minimum Gasteiger partial charge on any atom is -0.370 e. The number of Topliss-reactive ketones (excluding diaryl/α,β-unsaturated/α-hetero) is 1. The Hall–Kier alpha value is -1.65. The molecular formula is C14H22N4O. The van der Waals surface area contributed by atoms with E-state index >= 15 is 0 Å². The number of carbonyl (C=O) groups excluding carboxylic acids is 1. The van der Waals surface area contributed by atoms with Crippen molar-refractivity contribution in [1.82, 2.24) is 9.97 Å². The number of hydrogen-bond donors (Lipinski definition) is 1. The Kier molecular flexibility index (Phi) is 5.12. The van der Waals surface area contributed by atoms with E-state index in [0.29, 0.717) is 18.6 Å². The highest BCUT2D eigenvalue weighted by Gasteiger charge is 2.17. The lowest BCUT2D eigenvalue weighted by Crippen LogP contribution is -2.34. The van der Waals surface area contributed by atoms with Crippen LogP contribution in [0, 0.1) is 0 Å². The molecule has 0 spiro atoms. The van der Waals surface area contributed by atoms with Crippen molar-refractivity contribution < 1.29 is 4.79 Å². The summed E-state index contributed by atoms with van der Waals surface area (Å²) in [7, 11) is 0. The molecule has 1 N–H and O–H groups in total. The van der Waals surface area contributed by atoms with Gasteiger partial charge in [-0.05, 0) is 6.42 Å². The summed E-state index contributed by atoms with van der Waals surface area (Å²) >= 11 is 0. The zero-order valence-electron chi connectivity index (χ0n) is 11.6. The van der Waals surface area contributed by atoms with Gasteiger partial charge in [-0.3, -0.25) is 4.79 Å². The Morgan fingerprint density at radius 1 is 1.26 bits per heavy atom. The third kappa shape index (κ3) is 4.19. The van der Waals surface area contributed by atoms with E-state index < -0.39 is 0 Å². The van der Waals surface area contributed by atoms with Crippen molar-refractivity contribution in [2.24, 2.45) is 0 Å². The van der Waals surface area contributed by atoms with Crippen LogP contribution in [0.3, 0.4) is 0 Å². The molecular weight excluding hydrogens is 240 g/mol. The number of nitrogens with zero attached hydrogens (tertiary/aromatic N) is 3. The average Bonchev–Trinajstić information content (AvgIpc) is 2.45. The molecule has 0 aromatic carbocycles. The smallest absolute Gasteiger partial charge is 0.136 e. The van der Waals surface area contributed by atoms with Gasteiger partial charge in [-0.15, -0.1) is 0 Å². The number of unbranched alkanes of at least 4 members (excludes halogenated alkanes) is 2. The third-order valence-electron chi connectivity index (χ3n) is 3.38. The minimum atomic E-state index is 0.350. The molecule has 0 atom stereocenters. The van der Waals surface area contributed by atoms with E-state index in [4.69, 9.17) is 0 Å². The number of carbonyl (C=O) groups is 1. The monoisotopic (exact) mass is 262 g/mol. The molecule has 0 saturated carbocycles. The molecule has 0 amide bonds. The SMILES string of the molecule is CCCCCNc1cc(N2CCC(=O)CC2)ncn1. The molecule has 104 valence electrons. The fourth-order valence-corrected chi connectivity index (χ4v) is 2.19. The number of rotatable bonds is 6. The lowest BCUT2D eigenvalue weighted by atomic mass is 10.1. The number of ketones is 1. The van der Waals surface area contributed by atoms with Crippen LogP contribution in [0.2, 0.25) is 0 Å². The molecule has 1 saturated heterocycles. The van der Waals surface area contributed by atoms with Crippen molar-refractivity contribution in [1.29, 1.82) is 0 Å². The lowest BCUT2D eigenvalue weighted by molar-refractivity contribution is -0.119. The van der Waals surface area contributed by atoms with Crippen molar-refractivity contribution in [3.63, 3.8) is 0 Å². The first kappa shape index (κ1) is 13.8. The van der Waals surface area contributed by atoms with Crippen LogP contribution in [-0.4, -0.2) is 35.4 Å². The van der Waals surface area contributed by atoms with E-state index in [-0.39, 0.29) is 0 Å². The van der Waals surface area contributed by atoms with Crippen LogP contribution in [0.25, 0.3) is 0 Å². The summed E-state index contributed by atoms with van der Waals surface area (Å²) in [5.41, 5.74) is 0. The highest BCUT2D eigenvalue weighted by molar-refractivity contribution is 5.80. The van der Waals surface area contributed by atoms with E-state index in [2.05, 4.69) is 27.1 Å². The predicted octanol–water partition coefficient (Wildman–Crippen LogP) is 2.25. The van der Waals surface area contributed by atoms with Gasteiger partial charge in [-0.2, -0.15) is 0 Å². The molecule has 2 rings (SSSR count). The van der Waals surface area contributed by atoms with Gasteiger partial charge in [0.15, 0.2) is 0 Å². The predicted molar refractivity (Wildman–Crippen MR) is 76.5 cm³/mol. The number of piperidine rings is 1. The molecule has 1 aromatic rings. The molecule has 0 radical (unpaired) electrons. The molecule has 0 bridgehead atoms. The summed E-state index contributed by atoms with van der Waals surface area (Å²) in [6, 6.07) is 1.97. The molecule has 5 heteroatoms. The standard InChI is InChI=1S/C14H22N4O/c1-2-3-4-7-15-13-10-14(17-11-16-13)18-8-5-12(19)6-9-18/h10-11H,2-9H2,1H3,(H,15,16,17). The summed E-state index contributed by atoms with van der Waals surface area (Å²) in [5, 5.41) is 3.32. The summed E-state index contributed by atoms with van der Waals surface area (Å²) in [4.78, 5) is 21.9. The quantitative estimate of drug-likeness (QED) is 0.797. The van der Waals surface area contributed by atoms with Gasteiger partial charge in [0.25, 0.3) is 0 Å². The lowest BCUT2D eigenvalue weighted by Gasteiger charge is -2.27. The van der Waals surface area contributed by atoms with E-state index in [0.717, 1.165) is 37.7 Å². The van der Waals surface area contributed by atoms with Gasteiger partial charge in [-0.1, -0.05) is 19.8 Å². The summed E-state index contributed by atoms with van der Waals surface area (Å²) in [6.07, 6.45) is 6.46. The van der Waals surface area contributed by atoms with Crippen molar-refractivity contribution in [2.75, 3.05) is 29.9 Å². The first-order chi connectivity index (χ1) is 9.29. The zero-order valence-corrected chi connectivity index (χ0v) is 11.6. The van der Waals surface area contributed by atoms with Gasteiger partial charge < -0.3 is 10.2 Å². The molecule has 0 aliphatic carbocycles. The molecule has 1 aliphatic rings. The largest absolute Gasteiger partial charge is 0.370 e. The first-order valence-corrected chi connectivity index (χ1v) is 7.12. The Morgan fingerprint density at radius 3 is 2.79 bits per heavy atom. The fraction of sp³-hybridized carbons (Fsp3) is 0.643. The maximum Gasteiger partial charge on any atom is 0.136 e. The number of aromatic nitrogens is 2. The van der Waals surface area contributed by atoms with E-state index in [9.17, 15) is 4.79 Å². The van der Waals surface area contributed by atoms with E-state index in [1.54, 1.807) is 6.33 Å². The zero-order chi connectivity index (χ0) is 13.5. The second-order valence-corrected chi connectivity index (χ2v) is 4.92. The van der Waals surface area contributed by atoms with Gasteiger partial charge in [0, 0.05) is 38.5 Å². The van der Waals surface area contributed by atoms with Gasteiger partial charge in [0.1, 0.15) is 23.7 Å². The van der Waals surface area contributed by atoms with Gasteiger partial charge in [0.05, 0.1) is 0 Å². The molecule has 1 aliphatic heterocycles. The topological polar surface area (TPSA) is 58.1 Å².